The van der Waals surface area contributed by atoms with Crippen molar-refractivity contribution >= 4 is 0 Å². The van der Waals surface area contributed by atoms with Gasteiger partial charge in [-0.15, -0.1) is 0 Å². The van der Waals surface area contributed by atoms with Gasteiger partial charge < -0.3 is 34.4 Å². The van der Waals surface area contributed by atoms with E-state index in [9.17, 15) is 0 Å². The predicted molar refractivity (Wildman–Crippen MR) is 129 cm³/mol. The third-order valence-electron chi connectivity index (χ3n) is 6.65. The standard InChI is InChI=1S/2C8H18N2.C8H12N2/c9-5-7-1-2-8(6-10)4-3-7;2*9-5-7-2-1-3-8(4-7)6-10/h2*7-8H,1-6,9-10H2;1-4H,5-6,9-10H2. The van der Waals surface area contributed by atoms with Crippen molar-refractivity contribution in [2.24, 2.45) is 58.1 Å². The van der Waals surface area contributed by atoms with Crippen LogP contribution in [0.3, 0.4) is 0 Å². The van der Waals surface area contributed by atoms with Crippen LogP contribution in [-0.4, -0.2) is 26.2 Å². The molecule has 2 atom stereocenters. The summed E-state index contributed by atoms with van der Waals surface area (Å²) in [5, 5.41) is 0. The molecule has 2 unspecified atom stereocenters. The van der Waals surface area contributed by atoms with E-state index in [2.05, 4.69) is 0 Å². The first-order valence-electron chi connectivity index (χ1n) is 11.9. The van der Waals surface area contributed by atoms with Crippen molar-refractivity contribution < 1.29 is 0 Å². The van der Waals surface area contributed by atoms with Gasteiger partial charge in [0.1, 0.15) is 0 Å². The average molecular weight is 421 g/mol. The van der Waals surface area contributed by atoms with Gasteiger partial charge in [-0.25, -0.2) is 0 Å². The third-order valence-corrected chi connectivity index (χ3v) is 6.65. The summed E-state index contributed by atoms with van der Waals surface area (Å²) in [5.41, 5.74) is 35.4. The smallest absolute Gasteiger partial charge is 0.0178 e. The van der Waals surface area contributed by atoms with Gasteiger partial charge in [-0.3, -0.25) is 0 Å². The fourth-order valence-corrected chi connectivity index (χ4v) is 4.42. The first-order chi connectivity index (χ1) is 14.6. The van der Waals surface area contributed by atoms with Crippen LogP contribution in [0, 0.1) is 23.7 Å². The number of nitrogens with two attached hydrogens (primary N) is 6. The molecule has 3 rings (SSSR count). The number of benzene rings is 1. The molecule has 0 spiro atoms. The number of hydrogen-bond acceptors (Lipinski definition) is 6. The lowest BCUT2D eigenvalue weighted by molar-refractivity contribution is 0.277. The summed E-state index contributed by atoms with van der Waals surface area (Å²) in [4.78, 5) is 0. The van der Waals surface area contributed by atoms with E-state index in [0.717, 1.165) is 61.0 Å². The Labute approximate surface area is 184 Å². The second-order valence-electron chi connectivity index (χ2n) is 8.96. The molecule has 12 N–H and O–H groups in total. The lowest BCUT2D eigenvalue weighted by Crippen LogP contribution is -2.26. The maximum atomic E-state index is 5.58. The molecule has 0 amide bonds. The van der Waals surface area contributed by atoms with Crippen molar-refractivity contribution in [3.8, 4) is 0 Å². The molecular weight excluding hydrogens is 372 g/mol. The zero-order chi connectivity index (χ0) is 22.2. The fraction of sp³-hybridized carbons (Fsp3) is 0.750. The molecule has 2 aliphatic carbocycles. The van der Waals surface area contributed by atoms with Crippen LogP contribution in [0.1, 0.15) is 62.5 Å². The van der Waals surface area contributed by atoms with Gasteiger partial charge in [-0.1, -0.05) is 30.7 Å². The Hall–Kier alpha value is -1.02. The highest BCUT2D eigenvalue weighted by Crippen LogP contribution is 2.27. The van der Waals surface area contributed by atoms with Crippen molar-refractivity contribution in [3.05, 3.63) is 35.4 Å². The van der Waals surface area contributed by atoms with Crippen molar-refractivity contribution in [1.29, 1.82) is 0 Å². The predicted octanol–water partition coefficient (Wildman–Crippen LogP) is 2.02. The molecule has 0 saturated heterocycles. The van der Waals surface area contributed by atoms with Crippen LogP contribution in [0.15, 0.2) is 24.3 Å². The Bertz CT molecular complexity index is 489. The van der Waals surface area contributed by atoms with Crippen molar-refractivity contribution in [2.45, 2.75) is 64.5 Å². The number of rotatable bonds is 6. The molecule has 1 aromatic carbocycles. The van der Waals surface area contributed by atoms with Gasteiger partial charge in [0.15, 0.2) is 0 Å². The lowest BCUT2D eigenvalue weighted by Gasteiger charge is -2.26. The Kier molecular flexibility index (Phi) is 15.0. The van der Waals surface area contributed by atoms with E-state index in [4.69, 9.17) is 34.4 Å². The summed E-state index contributed by atoms with van der Waals surface area (Å²) >= 11 is 0. The SMILES string of the molecule is NCC1CCC(CN)CC1.NCC1CCCC(CN)C1.NCc1cccc(CN)c1. The number of hydrogen-bond donors (Lipinski definition) is 6. The topological polar surface area (TPSA) is 156 Å². The highest BCUT2D eigenvalue weighted by atomic mass is 14.6. The molecule has 0 aliphatic heterocycles. The molecule has 0 radical (unpaired) electrons. The molecule has 0 bridgehead atoms. The van der Waals surface area contributed by atoms with E-state index < -0.39 is 0 Å². The molecule has 2 saturated carbocycles. The molecular formula is C24H48N6. The molecule has 0 aromatic heterocycles. The van der Waals surface area contributed by atoms with Gasteiger partial charge in [0.25, 0.3) is 0 Å². The van der Waals surface area contributed by atoms with Crippen molar-refractivity contribution in [1.82, 2.24) is 0 Å². The zero-order valence-corrected chi connectivity index (χ0v) is 19.0. The van der Waals surface area contributed by atoms with Gasteiger partial charge in [0.2, 0.25) is 0 Å². The Balaban J connectivity index is 0.000000225. The van der Waals surface area contributed by atoms with Crippen LogP contribution in [0.2, 0.25) is 0 Å². The second-order valence-corrected chi connectivity index (χ2v) is 8.96. The summed E-state index contributed by atoms with van der Waals surface area (Å²) in [6.45, 7) is 4.64. The monoisotopic (exact) mass is 420 g/mol. The van der Waals surface area contributed by atoms with E-state index >= 15 is 0 Å². The minimum Gasteiger partial charge on any atom is -0.330 e. The molecule has 2 aliphatic rings. The molecule has 174 valence electrons. The van der Waals surface area contributed by atoms with E-state index in [-0.39, 0.29) is 0 Å². The van der Waals surface area contributed by atoms with Gasteiger partial charge in [-0.05, 0) is 106 Å². The average Bonchev–Trinajstić information content (AvgIpc) is 2.84. The minimum absolute atomic E-state index is 0.591. The maximum Gasteiger partial charge on any atom is 0.0178 e. The quantitative estimate of drug-likeness (QED) is 0.413. The van der Waals surface area contributed by atoms with E-state index in [0.29, 0.717) is 13.1 Å². The first-order valence-corrected chi connectivity index (χ1v) is 11.9. The van der Waals surface area contributed by atoms with Crippen molar-refractivity contribution in [3.63, 3.8) is 0 Å². The summed E-state index contributed by atoms with van der Waals surface area (Å²) in [7, 11) is 0. The van der Waals surface area contributed by atoms with Gasteiger partial charge in [-0.2, -0.15) is 0 Å². The van der Waals surface area contributed by atoms with Gasteiger partial charge >= 0.3 is 0 Å². The summed E-state index contributed by atoms with van der Waals surface area (Å²) in [6, 6.07) is 8.00. The molecule has 0 heterocycles. The van der Waals surface area contributed by atoms with Crippen LogP contribution in [0.4, 0.5) is 0 Å². The Morgan fingerprint density at radius 3 is 1.30 bits per heavy atom. The lowest BCUT2D eigenvalue weighted by atomic mass is 9.81. The fourth-order valence-electron chi connectivity index (χ4n) is 4.42. The van der Waals surface area contributed by atoms with Crippen LogP contribution in [0.5, 0.6) is 0 Å². The van der Waals surface area contributed by atoms with E-state index in [1.807, 2.05) is 24.3 Å². The molecule has 30 heavy (non-hydrogen) atoms. The Morgan fingerprint density at radius 1 is 0.567 bits per heavy atom. The maximum absolute atomic E-state index is 5.58. The summed E-state index contributed by atoms with van der Waals surface area (Å²) < 4.78 is 0. The van der Waals surface area contributed by atoms with E-state index in [1.54, 1.807) is 0 Å². The zero-order valence-electron chi connectivity index (χ0n) is 19.0. The third kappa shape index (κ3) is 10.8. The van der Waals surface area contributed by atoms with E-state index in [1.165, 1.54) is 51.4 Å². The highest BCUT2D eigenvalue weighted by Gasteiger charge is 2.19. The Morgan fingerprint density at radius 2 is 0.967 bits per heavy atom. The summed E-state index contributed by atoms with van der Waals surface area (Å²) in [5.74, 6) is 3.12. The van der Waals surface area contributed by atoms with Gasteiger partial charge in [0.05, 0.1) is 0 Å². The second kappa shape index (κ2) is 16.6. The highest BCUT2D eigenvalue weighted by molar-refractivity contribution is 5.22. The molecule has 2 fully saturated rings. The normalized spacial score (nSPS) is 26.1. The summed E-state index contributed by atoms with van der Waals surface area (Å²) in [6.07, 6.45) is 10.5. The molecule has 6 nitrogen and oxygen atoms in total. The van der Waals surface area contributed by atoms with Crippen molar-refractivity contribution in [2.75, 3.05) is 26.2 Å². The van der Waals surface area contributed by atoms with Gasteiger partial charge in [0, 0.05) is 13.1 Å². The first kappa shape index (κ1) is 27.0. The van der Waals surface area contributed by atoms with Crippen LogP contribution in [-0.2, 0) is 13.1 Å². The minimum atomic E-state index is 0.591. The van der Waals surface area contributed by atoms with Crippen LogP contribution >= 0.6 is 0 Å². The molecule has 6 heteroatoms. The largest absolute Gasteiger partial charge is 0.330 e. The van der Waals surface area contributed by atoms with Crippen LogP contribution in [0.25, 0.3) is 0 Å². The van der Waals surface area contributed by atoms with Crippen LogP contribution < -0.4 is 34.4 Å². The molecule has 1 aromatic rings.